The van der Waals surface area contributed by atoms with Gasteiger partial charge in [-0.2, -0.15) is 8.78 Å². The third-order valence-electron chi connectivity index (χ3n) is 3.93. The highest BCUT2D eigenvalue weighted by molar-refractivity contribution is 5.82. The number of unbranched alkanes of at least 4 members (excludes halogenated alkanes) is 3. The molecule has 1 aromatic rings. The molecular formula is C18H24F2O5. The maximum Gasteiger partial charge on any atom is 0.387 e. The number of esters is 1. The minimum atomic E-state index is -2.82. The Morgan fingerprint density at radius 3 is 2.40 bits per heavy atom. The lowest BCUT2D eigenvalue weighted by Crippen LogP contribution is -2.27. The van der Waals surface area contributed by atoms with Crippen molar-refractivity contribution in [2.45, 2.75) is 51.2 Å². The van der Waals surface area contributed by atoms with Gasteiger partial charge in [-0.15, -0.1) is 0 Å². The van der Waals surface area contributed by atoms with E-state index in [1.165, 1.54) is 12.1 Å². The zero-order valence-corrected chi connectivity index (χ0v) is 14.3. The lowest BCUT2D eigenvalue weighted by molar-refractivity contribution is -0.149. The highest BCUT2D eigenvalue weighted by Crippen LogP contribution is 2.34. The molecule has 1 saturated heterocycles. The summed E-state index contributed by atoms with van der Waals surface area (Å²) in [6.45, 7) is 0.342. The third-order valence-corrected chi connectivity index (χ3v) is 3.93. The van der Waals surface area contributed by atoms with Crippen LogP contribution in [0.5, 0.6) is 11.5 Å². The molecule has 1 fully saturated rings. The molecule has 0 bridgehead atoms. The standard InChI is InChI=1S/C18H24F2O5/c1-2-22-16(21)18(13-24-18)11-5-3-4-6-12-23-14-7-9-15(10-8-14)25-17(19)20/h7-10,17H,2-6,11-13H2,1H3/t18-/m1/s1. The molecule has 140 valence electrons. The molecule has 2 rings (SSSR count). The molecule has 1 aliphatic rings. The van der Waals surface area contributed by atoms with Crippen LogP contribution in [0.15, 0.2) is 24.3 Å². The summed E-state index contributed by atoms with van der Waals surface area (Å²) >= 11 is 0. The fourth-order valence-corrected chi connectivity index (χ4v) is 2.49. The topological polar surface area (TPSA) is 57.3 Å². The molecule has 25 heavy (non-hydrogen) atoms. The van der Waals surface area contributed by atoms with Crippen LogP contribution in [0.4, 0.5) is 8.78 Å². The molecule has 0 radical (unpaired) electrons. The van der Waals surface area contributed by atoms with Gasteiger partial charge in [0, 0.05) is 0 Å². The fourth-order valence-electron chi connectivity index (χ4n) is 2.49. The van der Waals surface area contributed by atoms with Crippen molar-refractivity contribution in [3.8, 4) is 11.5 Å². The maximum atomic E-state index is 12.0. The van der Waals surface area contributed by atoms with Crippen molar-refractivity contribution >= 4 is 5.97 Å². The summed E-state index contributed by atoms with van der Waals surface area (Å²) in [5.41, 5.74) is -0.686. The van der Waals surface area contributed by atoms with E-state index in [1.807, 2.05) is 0 Å². The Balaban J connectivity index is 1.53. The Hall–Kier alpha value is -1.89. The van der Waals surface area contributed by atoms with E-state index in [2.05, 4.69) is 4.74 Å². The Morgan fingerprint density at radius 2 is 1.80 bits per heavy atom. The molecule has 0 aliphatic carbocycles. The number of ether oxygens (including phenoxy) is 4. The summed E-state index contributed by atoms with van der Waals surface area (Å²) in [4.78, 5) is 11.7. The van der Waals surface area contributed by atoms with Gasteiger partial charge in [-0.3, -0.25) is 0 Å². The number of hydrogen-bond acceptors (Lipinski definition) is 5. The average molecular weight is 358 g/mol. The van der Waals surface area contributed by atoms with E-state index in [-0.39, 0.29) is 11.7 Å². The molecule has 0 amide bonds. The lowest BCUT2D eigenvalue weighted by atomic mass is 10.0. The minimum absolute atomic E-state index is 0.111. The van der Waals surface area contributed by atoms with Crippen LogP contribution in [0.25, 0.3) is 0 Å². The second-order valence-electron chi connectivity index (χ2n) is 5.87. The lowest BCUT2D eigenvalue weighted by Gasteiger charge is -2.10. The van der Waals surface area contributed by atoms with Crippen LogP contribution < -0.4 is 9.47 Å². The highest BCUT2D eigenvalue weighted by Gasteiger charge is 2.52. The molecule has 5 nitrogen and oxygen atoms in total. The molecular weight excluding hydrogens is 334 g/mol. The summed E-state index contributed by atoms with van der Waals surface area (Å²) in [6.07, 6.45) is 4.43. The first-order chi connectivity index (χ1) is 12.1. The van der Waals surface area contributed by atoms with E-state index in [4.69, 9.17) is 14.2 Å². The summed E-state index contributed by atoms with van der Waals surface area (Å²) in [5.74, 6) is 0.479. The molecule has 1 atom stereocenters. The van der Waals surface area contributed by atoms with Crippen LogP contribution in [0.1, 0.15) is 39.0 Å². The first-order valence-corrected chi connectivity index (χ1v) is 8.54. The van der Waals surface area contributed by atoms with Gasteiger partial charge in [0.2, 0.25) is 0 Å². The number of hydrogen-bond donors (Lipinski definition) is 0. The van der Waals surface area contributed by atoms with Gasteiger partial charge in [-0.05, 0) is 50.5 Å². The van der Waals surface area contributed by atoms with Crippen molar-refractivity contribution in [1.82, 2.24) is 0 Å². The summed E-state index contributed by atoms with van der Waals surface area (Å²) in [6, 6.07) is 6.11. The summed E-state index contributed by atoms with van der Waals surface area (Å²) < 4.78 is 44.2. The van der Waals surface area contributed by atoms with Crippen LogP contribution in [0.2, 0.25) is 0 Å². The highest BCUT2D eigenvalue weighted by atomic mass is 19.3. The molecule has 1 aliphatic heterocycles. The van der Waals surface area contributed by atoms with Gasteiger partial charge in [-0.25, -0.2) is 4.79 Å². The predicted octanol–water partition coefficient (Wildman–Crippen LogP) is 3.95. The molecule has 0 spiro atoms. The van der Waals surface area contributed by atoms with Crippen molar-refractivity contribution in [1.29, 1.82) is 0 Å². The number of rotatable bonds is 12. The van der Waals surface area contributed by atoms with Gasteiger partial charge in [0.1, 0.15) is 11.5 Å². The molecule has 0 saturated carbocycles. The SMILES string of the molecule is CCOC(=O)[C@@]1(CCCCCCOc2ccc(OC(F)F)cc2)CO1. The zero-order valence-electron chi connectivity index (χ0n) is 14.3. The average Bonchev–Trinajstić information content (AvgIpc) is 3.36. The van der Waals surface area contributed by atoms with Crippen LogP contribution in [-0.2, 0) is 14.3 Å². The number of benzene rings is 1. The van der Waals surface area contributed by atoms with E-state index in [1.54, 1.807) is 19.1 Å². The van der Waals surface area contributed by atoms with Crippen LogP contribution in [-0.4, -0.2) is 38.0 Å². The van der Waals surface area contributed by atoms with Crippen molar-refractivity contribution in [3.05, 3.63) is 24.3 Å². The number of epoxide rings is 1. The molecule has 0 aromatic heterocycles. The summed E-state index contributed by atoms with van der Waals surface area (Å²) in [5, 5.41) is 0. The first-order valence-electron chi connectivity index (χ1n) is 8.54. The van der Waals surface area contributed by atoms with Gasteiger partial charge in [0.25, 0.3) is 0 Å². The molecule has 0 unspecified atom stereocenters. The number of carbonyl (C=O) groups excluding carboxylic acids is 1. The van der Waals surface area contributed by atoms with Gasteiger partial charge in [-0.1, -0.05) is 12.8 Å². The predicted molar refractivity (Wildman–Crippen MR) is 87.0 cm³/mol. The van der Waals surface area contributed by atoms with Gasteiger partial charge in [0.05, 0.1) is 19.8 Å². The van der Waals surface area contributed by atoms with Crippen LogP contribution >= 0.6 is 0 Å². The first kappa shape index (κ1) is 19.4. The number of carbonyl (C=O) groups is 1. The van der Waals surface area contributed by atoms with Crippen LogP contribution in [0.3, 0.4) is 0 Å². The molecule has 1 heterocycles. The second kappa shape index (κ2) is 9.56. The Bertz CT molecular complexity index is 529. The van der Waals surface area contributed by atoms with Crippen LogP contribution in [0, 0.1) is 0 Å². The van der Waals surface area contributed by atoms with E-state index < -0.39 is 12.2 Å². The van der Waals surface area contributed by atoms with Gasteiger partial charge >= 0.3 is 12.6 Å². The third kappa shape index (κ3) is 6.49. The van der Waals surface area contributed by atoms with Crippen molar-refractivity contribution in [3.63, 3.8) is 0 Å². The second-order valence-corrected chi connectivity index (χ2v) is 5.87. The van der Waals surface area contributed by atoms with Crippen molar-refractivity contribution in [2.24, 2.45) is 0 Å². The maximum absolute atomic E-state index is 12.0. The normalized spacial score (nSPS) is 18.9. The monoisotopic (exact) mass is 358 g/mol. The largest absolute Gasteiger partial charge is 0.494 e. The quantitative estimate of drug-likeness (QED) is 0.322. The smallest absolute Gasteiger partial charge is 0.387 e. The Morgan fingerprint density at radius 1 is 1.16 bits per heavy atom. The number of halogens is 2. The van der Waals surface area contributed by atoms with E-state index in [0.29, 0.717) is 32.0 Å². The fraction of sp³-hybridized carbons (Fsp3) is 0.611. The van der Waals surface area contributed by atoms with E-state index in [0.717, 1.165) is 25.7 Å². The molecule has 7 heteroatoms. The van der Waals surface area contributed by atoms with Gasteiger partial charge < -0.3 is 18.9 Å². The number of alkyl halides is 2. The van der Waals surface area contributed by atoms with Gasteiger partial charge in [0.15, 0.2) is 5.60 Å². The molecule has 0 N–H and O–H groups in total. The van der Waals surface area contributed by atoms with Crippen molar-refractivity contribution < 1.29 is 32.5 Å². The minimum Gasteiger partial charge on any atom is -0.494 e. The van der Waals surface area contributed by atoms with Crippen molar-refractivity contribution in [2.75, 3.05) is 19.8 Å². The summed E-state index contributed by atoms with van der Waals surface area (Å²) in [7, 11) is 0. The Labute approximate surface area is 146 Å². The molecule has 1 aromatic carbocycles. The van der Waals surface area contributed by atoms with E-state index in [9.17, 15) is 13.6 Å². The Kier molecular flexibility index (Phi) is 7.43. The van der Waals surface area contributed by atoms with E-state index >= 15 is 0 Å². The zero-order chi connectivity index (χ0) is 18.1.